The van der Waals surface area contributed by atoms with Crippen LogP contribution in [0.5, 0.6) is 0 Å². The third-order valence-corrected chi connectivity index (χ3v) is 7.61. The maximum Gasteiger partial charge on any atom is 0.251 e. The summed E-state index contributed by atoms with van der Waals surface area (Å²) in [6, 6.07) is 9.59. The van der Waals surface area contributed by atoms with Crippen molar-refractivity contribution in [3.05, 3.63) is 58.9 Å². The van der Waals surface area contributed by atoms with Gasteiger partial charge in [-0.25, -0.2) is 17.1 Å². The van der Waals surface area contributed by atoms with E-state index in [1.807, 2.05) is 0 Å². The molecule has 8 heteroatoms. The van der Waals surface area contributed by atoms with Crippen LogP contribution in [0.15, 0.2) is 41.3 Å². The highest BCUT2D eigenvalue weighted by molar-refractivity contribution is 7.89. The largest absolute Gasteiger partial charge is 0.371 e. The number of nitrogens with one attached hydrogen (secondary N) is 1. The standard InChI is InChI=1S/C22H28FN3O3S/c1-15-11-18(12-21(16(15)2)30(28,29)25(3)4)22(27)24-13-17-9-10-26(14-17)20-7-5-19(23)6-8-20/h5-8,11-12,17H,9-10,13-14H2,1-4H3,(H,24,27). The molecule has 0 aliphatic carbocycles. The van der Waals surface area contributed by atoms with Crippen molar-refractivity contribution in [2.45, 2.75) is 25.2 Å². The Hall–Kier alpha value is -2.45. The number of halogens is 1. The molecule has 1 amide bonds. The Kier molecular flexibility index (Phi) is 6.47. The van der Waals surface area contributed by atoms with E-state index in [2.05, 4.69) is 10.2 Å². The minimum absolute atomic E-state index is 0.154. The van der Waals surface area contributed by atoms with Gasteiger partial charge in [-0.15, -0.1) is 0 Å². The highest BCUT2D eigenvalue weighted by Crippen LogP contribution is 2.25. The third kappa shape index (κ3) is 4.65. The van der Waals surface area contributed by atoms with Gasteiger partial charge in [-0.3, -0.25) is 4.79 Å². The number of rotatable bonds is 6. The Bertz CT molecular complexity index is 1040. The molecule has 3 rings (SSSR count). The highest BCUT2D eigenvalue weighted by atomic mass is 32.2. The van der Waals surface area contributed by atoms with Crippen molar-refractivity contribution in [3.8, 4) is 0 Å². The molecule has 1 fully saturated rings. The lowest BCUT2D eigenvalue weighted by Gasteiger charge is -2.19. The molecule has 6 nitrogen and oxygen atoms in total. The minimum atomic E-state index is -3.64. The monoisotopic (exact) mass is 433 g/mol. The van der Waals surface area contributed by atoms with E-state index in [1.165, 1.54) is 32.3 Å². The van der Waals surface area contributed by atoms with Crippen LogP contribution in [0.1, 0.15) is 27.9 Å². The van der Waals surface area contributed by atoms with Crippen LogP contribution in [0.25, 0.3) is 0 Å². The van der Waals surface area contributed by atoms with Crippen LogP contribution in [0.3, 0.4) is 0 Å². The van der Waals surface area contributed by atoms with E-state index in [9.17, 15) is 17.6 Å². The van der Waals surface area contributed by atoms with Crippen molar-refractivity contribution in [3.63, 3.8) is 0 Å². The van der Waals surface area contributed by atoms with E-state index in [4.69, 9.17) is 0 Å². The number of anilines is 1. The first-order valence-corrected chi connectivity index (χ1v) is 11.4. The Morgan fingerprint density at radius 1 is 1.20 bits per heavy atom. The molecular formula is C22H28FN3O3S. The number of amides is 1. The number of hydrogen-bond donors (Lipinski definition) is 1. The fourth-order valence-electron chi connectivity index (χ4n) is 3.65. The van der Waals surface area contributed by atoms with Gasteiger partial charge >= 0.3 is 0 Å². The van der Waals surface area contributed by atoms with Gasteiger partial charge in [0.2, 0.25) is 10.0 Å². The molecule has 1 N–H and O–H groups in total. The zero-order valence-electron chi connectivity index (χ0n) is 17.8. The molecule has 1 saturated heterocycles. The average molecular weight is 434 g/mol. The maximum absolute atomic E-state index is 13.1. The second-order valence-corrected chi connectivity index (χ2v) is 10.1. The van der Waals surface area contributed by atoms with E-state index in [0.29, 0.717) is 17.7 Å². The van der Waals surface area contributed by atoms with Gasteiger partial charge in [0.05, 0.1) is 4.90 Å². The summed E-state index contributed by atoms with van der Waals surface area (Å²) in [5.41, 5.74) is 2.71. The summed E-state index contributed by atoms with van der Waals surface area (Å²) in [6.07, 6.45) is 0.921. The van der Waals surface area contributed by atoms with Crippen LogP contribution >= 0.6 is 0 Å². The van der Waals surface area contributed by atoms with Crippen molar-refractivity contribution in [2.24, 2.45) is 5.92 Å². The predicted molar refractivity (Wildman–Crippen MR) is 116 cm³/mol. The van der Waals surface area contributed by atoms with Gasteiger partial charge in [0.25, 0.3) is 5.91 Å². The van der Waals surface area contributed by atoms with Crippen LogP contribution in [0, 0.1) is 25.6 Å². The molecule has 162 valence electrons. The van der Waals surface area contributed by atoms with Crippen LogP contribution in [-0.2, 0) is 10.0 Å². The summed E-state index contributed by atoms with van der Waals surface area (Å²) in [6.45, 7) is 5.67. The van der Waals surface area contributed by atoms with E-state index < -0.39 is 10.0 Å². The smallest absolute Gasteiger partial charge is 0.251 e. The van der Waals surface area contributed by atoms with Gasteiger partial charge in [0.15, 0.2) is 0 Å². The third-order valence-electron chi connectivity index (χ3n) is 5.67. The van der Waals surface area contributed by atoms with Crippen molar-refractivity contribution in [1.82, 2.24) is 9.62 Å². The molecule has 0 radical (unpaired) electrons. The van der Waals surface area contributed by atoms with E-state index >= 15 is 0 Å². The molecule has 2 aromatic carbocycles. The molecule has 2 aromatic rings. The SMILES string of the molecule is Cc1cc(C(=O)NCC2CCN(c3ccc(F)cc3)C2)cc(S(=O)(=O)N(C)C)c1C. The van der Waals surface area contributed by atoms with Gasteiger partial charge in [-0.1, -0.05) is 0 Å². The molecule has 1 heterocycles. The molecule has 0 spiro atoms. The number of benzene rings is 2. The molecule has 1 unspecified atom stereocenters. The summed E-state index contributed by atoms with van der Waals surface area (Å²) in [7, 11) is -0.686. The summed E-state index contributed by atoms with van der Waals surface area (Å²) >= 11 is 0. The van der Waals surface area contributed by atoms with E-state index in [1.54, 1.807) is 32.0 Å². The van der Waals surface area contributed by atoms with Crippen molar-refractivity contribution >= 4 is 21.6 Å². The molecule has 1 atom stereocenters. The summed E-state index contributed by atoms with van der Waals surface area (Å²) in [5.74, 6) is -0.269. The minimum Gasteiger partial charge on any atom is -0.371 e. The zero-order valence-corrected chi connectivity index (χ0v) is 18.6. The Labute approximate surface area is 177 Å². The Morgan fingerprint density at radius 2 is 1.87 bits per heavy atom. The molecule has 30 heavy (non-hydrogen) atoms. The van der Waals surface area contributed by atoms with Gasteiger partial charge in [-0.05, 0) is 73.7 Å². The first-order valence-electron chi connectivity index (χ1n) is 9.92. The van der Waals surface area contributed by atoms with Crippen molar-refractivity contribution < 1.29 is 17.6 Å². The lowest BCUT2D eigenvalue weighted by atomic mass is 10.0. The molecule has 0 aromatic heterocycles. The topological polar surface area (TPSA) is 69.7 Å². The van der Waals surface area contributed by atoms with Crippen LogP contribution in [-0.4, -0.2) is 52.4 Å². The van der Waals surface area contributed by atoms with Gasteiger partial charge in [0.1, 0.15) is 5.82 Å². The lowest BCUT2D eigenvalue weighted by Crippen LogP contribution is -2.31. The number of aryl methyl sites for hydroxylation is 1. The van der Waals surface area contributed by atoms with Gasteiger partial charge in [0, 0.05) is 45.0 Å². The van der Waals surface area contributed by atoms with E-state index in [-0.39, 0.29) is 22.5 Å². The predicted octanol–water partition coefficient (Wildman–Crippen LogP) is 2.95. The number of carbonyl (C=O) groups is 1. The first-order chi connectivity index (χ1) is 14.1. The van der Waals surface area contributed by atoms with Crippen LogP contribution in [0.2, 0.25) is 0 Å². The zero-order chi connectivity index (χ0) is 22.1. The highest BCUT2D eigenvalue weighted by Gasteiger charge is 2.25. The second-order valence-electron chi connectivity index (χ2n) is 7.99. The average Bonchev–Trinajstić information content (AvgIpc) is 3.17. The fourth-order valence-corrected chi connectivity index (χ4v) is 4.86. The number of carbonyl (C=O) groups excluding carboxylic acids is 1. The summed E-state index contributed by atoms with van der Waals surface area (Å²) in [5, 5.41) is 2.94. The normalized spacial score (nSPS) is 16.9. The molecule has 0 bridgehead atoms. The molecule has 1 aliphatic heterocycles. The van der Waals surface area contributed by atoms with Crippen LogP contribution in [0.4, 0.5) is 10.1 Å². The molecule has 1 aliphatic rings. The van der Waals surface area contributed by atoms with Gasteiger partial charge < -0.3 is 10.2 Å². The van der Waals surface area contributed by atoms with Crippen LogP contribution < -0.4 is 10.2 Å². The molecular weight excluding hydrogens is 405 g/mol. The first kappa shape index (κ1) is 22.2. The number of sulfonamides is 1. The summed E-state index contributed by atoms with van der Waals surface area (Å²) < 4.78 is 39.5. The Balaban J connectivity index is 1.67. The number of nitrogens with zero attached hydrogens (tertiary/aromatic N) is 2. The number of hydrogen-bond acceptors (Lipinski definition) is 4. The van der Waals surface area contributed by atoms with Crippen molar-refractivity contribution in [2.75, 3.05) is 38.6 Å². The van der Waals surface area contributed by atoms with Gasteiger partial charge in [-0.2, -0.15) is 0 Å². The van der Waals surface area contributed by atoms with Crippen molar-refractivity contribution in [1.29, 1.82) is 0 Å². The molecule has 0 saturated carbocycles. The maximum atomic E-state index is 13.1. The second kappa shape index (κ2) is 8.73. The Morgan fingerprint density at radius 3 is 2.50 bits per heavy atom. The fraction of sp³-hybridized carbons (Fsp3) is 0.409. The summed E-state index contributed by atoms with van der Waals surface area (Å²) in [4.78, 5) is 15.1. The quantitative estimate of drug-likeness (QED) is 0.761. The lowest BCUT2D eigenvalue weighted by molar-refractivity contribution is 0.0948. The van der Waals surface area contributed by atoms with E-state index in [0.717, 1.165) is 35.1 Å².